The number of carbonyl (C=O) groups excluding carboxylic acids is 1. The fraction of sp³-hybridized carbons (Fsp3) is 0.938. The predicted octanol–water partition coefficient (Wildman–Crippen LogP) is 3.62. The smallest absolute Gasteiger partial charge is 0.220 e. The molecule has 114 valence electrons. The highest BCUT2D eigenvalue weighted by Gasteiger charge is 2.24. The number of hydrogen-bond acceptors (Lipinski definition) is 2. The molecule has 0 rings (SSSR count). The zero-order chi connectivity index (χ0) is 14.6. The van der Waals surface area contributed by atoms with Gasteiger partial charge in [0.15, 0.2) is 0 Å². The number of unbranched alkanes of at least 4 members (excludes halogenated alkanes) is 4. The van der Waals surface area contributed by atoms with Crippen LogP contribution in [0.1, 0.15) is 78.6 Å². The molecule has 0 aromatic carbocycles. The van der Waals surface area contributed by atoms with Gasteiger partial charge in [0.25, 0.3) is 0 Å². The van der Waals surface area contributed by atoms with Crippen LogP contribution in [0, 0.1) is 5.41 Å². The van der Waals surface area contributed by atoms with Gasteiger partial charge in [-0.3, -0.25) is 4.79 Å². The molecule has 19 heavy (non-hydrogen) atoms. The van der Waals surface area contributed by atoms with Crippen molar-refractivity contribution in [1.29, 1.82) is 0 Å². The Kier molecular flexibility index (Phi) is 10.9. The van der Waals surface area contributed by atoms with E-state index >= 15 is 0 Å². The molecule has 0 bridgehead atoms. The number of rotatable bonds is 12. The van der Waals surface area contributed by atoms with Crippen LogP contribution in [0.4, 0.5) is 0 Å². The third-order valence-electron chi connectivity index (χ3n) is 4.03. The molecule has 0 aromatic rings. The topological polar surface area (TPSA) is 55.1 Å². The van der Waals surface area contributed by atoms with Gasteiger partial charge in [0, 0.05) is 13.0 Å². The van der Waals surface area contributed by atoms with Crippen LogP contribution in [-0.4, -0.2) is 19.0 Å². The van der Waals surface area contributed by atoms with Gasteiger partial charge in [-0.25, -0.2) is 0 Å². The Balaban J connectivity index is 3.89. The summed E-state index contributed by atoms with van der Waals surface area (Å²) >= 11 is 0. The van der Waals surface area contributed by atoms with E-state index < -0.39 is 0 Å². The lowest BCUT2D eigenvalue weighted by Gasteiger charge is -2.27. The Morgan fingerprint density at radius 1 is 1.11 bits per heavy atom. The van der Waals surface area contributed by atoms with E-state index in [1.165, 1.54) is 32.1 Å². The molecule has 0 spiro atoms. The number of nitrogens with two attached hydrogens (primary N) is 1. The summed E-state index contributed by atoms with van der Waals surface area (Å²) in [5.41, 5.74) is 5.59. The summed E-state index contributed by atoms with van der Waals surface area (Å²) in [6.07, 6.45) is 10.3. The van der Waals surface area contributed by atoms with Crippen molar-refractivity contribution in [3.63, 3.8) is 0 Å². The van der Waals surface area contributed by atoms with Crippen LogP contribution in [0.5, 0.6) is 0 Å². The molecule has 3 N–H and O–H groups in total. The van der Waals surface area contributed by atoms with Gasteiger partial charge < -0.3 is 11.1 Å². The minimum absolute atomic E-state index is 0.166. The Bertz CT molecular complexity index is 231. The van der Waals surface area contributed by atoms with Gasteiger partial charge in [0.05, 0.1) is 0 Å². The van der Waals surface area contributed by atoms with Crippen LogP contribution in [0.25, 0.3) is 0 Å². The fourth-order valence-corrected chi connectivity index (χ4v) is 2.33. The Hall–Kier alpha value is -0.570. The first-order valence-corrected chi connectivity index (χ1v) is 8.04. The molecule has 0 aliphatic rings. The molecule has 0 radical (unpaired) electrons. The van der Waals surface area contributed by atoms with Gasteiger partial charge in [-0.2, -0.15) is 0 Å². The standard InChI is InChI=1S/C16H34N2O/c1-4-6-7-8-9-11-16(3,5-2)14-15(19)18-13-10-12-17/h4-14,17H2,1-3H3,(H,18,19). The first-order valence-electron chi connectivity index (χ1n) is 8.04. The van der Waals surface area contributed by atoms with Crippen LogP contribution < -0.4 is 11.1 Å². The van der Waals surface area contributed by atoms with Crippen molar-refractivity contribution >= 4 is 5.91 Å². The molecular weight excluding hydrogens is 236 g/mol. The lowest BCUT2D eigenvalue weighted by molar-refractivity contribution is -0.123. The normalized spacial score (nSPS) is 14.1. The molecular formula is C16H34N2O. The highest BCUT2D eigenvalue weighted by Crippen LogP contribution is 2.32. The Labute approximate surface area is 119 Å². The maximum atomic E-state index is 11.9. The molecule has 0 aliphatic carbocycles. The number of amides is 1. The monoisotopic (exact) mass is 270 g/mol. The van der Waals surface area contributed by atoms with E-state index in [0.29, 0.717) is 19.5 Å². The quantitative estimate of drug-likeness (QED) is 0.532. The summed E-state index contributed by atoms with van der Waals surface area (Å²) in [6.45, 7) is 8.03. The third-order valence-corrected chi connectivity index (χ3v) is 4.03. The summed E-state index contributed by atoms with van der Waals surface area (Å²) in [7, 11) is 0. The van der Waals surface area contributed by atoms with Crippen molar-refractivity contribution in [2.75, 3.05) is 13.1 Å². The molecule has 0 saturated heterocycles. The zero-order valence-electron chi connectivity index (χ0n) is 13.3. The summed E-state index contributed by atoms with van der Waals surface area (Å²) in [6, 6.07) is 0. The molecule has 0 saturated carbocycles. The third kappa shape index (κ3) is 9.94. The van der Waals surface area contributed by atoms with E-state index in [1.807, 2.05) is 0 Å². The molecule has 1 atom stereocenters. The van der Waals surface area contributed by atoms with Gasteiger partial charge in [-0.15, -0.1) is 0 Å². The summed E-state index contributed by atoms with van der Waals surface area (Å²) < 4.78 is 0. The Morgan fingerprint density at radius 3 is 2.37 bits per heavy atom. The highest BCUT2D eigenvalue weighted by molar-refractivity contribution is 5.76. The second-order valence-electron chi connectivity index (χ2n) is 6.00. The molecule has 1 unspecified atom stereocenters. The second kappa shape index (κ2) is 11.3. The van der Waals surface area contributed by atoms with Crippen LogP contribution >= 0.6 is 0 Å². The molecule has 0 aromatic heterocycles. The molecule has 0 aliphatic heterocycles. The first-order chi connectivity index (χ1) is 9.08. The molecule has 3 nitrogen and oxygen atoms in total. The van der Waals surface area contributed by atoms with Crippen LogP contribution in [0.3, 0.4) is 0 Å². The fourth-order valence-electron chi connectivity index (χ4n) is 2.33. The zero-order valence-corrected chi connectivity index (χ0v) is 13.3. The lowest BCUT2D eigenvalue weighted by Crippen LogP contribution is -2.31. The van der Waals surface area contributed by atoms with Gasteiger partial charge in [0.1, 0.15) is 0 Å². The van der Waals surface area contributed by atoms with Crippen molar-refractivity contribution < 1.29 is 4.79 Å². The van der Waals surface area contributed by atoms with Crippen molar-refractivity contribution in [3.8, 4) is 0 Å². The average molecular weight is 270 g/mol. The summed E-state index contributed by atoms with van der Waals surface area (Å²) in [4.78, 5) is 11.9. The Morgan fingerprint density at radius 2 is 1.79 bits per heavy atom. The largest absolute Gasteiger partial charge is 0.356 e. The van der Waals surface area contributed by atoms with Crippen LogP contribution in [-0.2, 0) is 4.79 Å². The van der Waals surface area contributed by atoms with E-state index in [2.05, 4.69) is 26.1 Å². The average Bonchev–Trinajstić information content (AvgIpc) is 2.39. The molecule has 1 amide bonds. The maximum Gasteiger partial charge on any atom is 0.220 e. The minimum atomic E-state index is 0.166. The second-order valence-corrected chi connectivity index (χ2v) is 6.00. The van der Waals surface area contributed by atoms with E-state index in [-0.39, 0.29) is 11.3 Å². The number of hydrogen-bond donors (Lipinski definition) is 2. The predicted molar refractivity (Wildman–Crippen MR) is 83.1 cm³/mol. The first kappa shape index (κ1) is 18.4. The SMILES string of the molecule is CCCCCCCC(C)(CC)CC(=O)NCCCN. The van der Waals surface area contributed by atoms with Crippen LogP contribution in [0.15, 0.2) is 0 Å². The van der Waals surface area contributed by atoms with E-state index in [9.17, 15) is 4.79 Å². The van der Waals surface area contributed by atoms with Crippen molar-refractivity contribution in [2.24, 2.45) is 11.1 Å². The van der Waals surface area contributed by atoms with Gasteiger partial charge in [-0.1, -0.05) is 59.3 Å². The van der Waals surface area contributed by atoms with Gasteiger partial charge >= 0.3 is 0 Å². The van der Waals surface area contributed by atoms with Crippen molar-refractivity contribution in [1.82, 2.24) is 5.32 Å². The van der Waals surface area contributed by atoms with E-state index in [1.54, 1.807) is 0 Å². The van der Waals surface area contributed by atoms with Gasteiger partial charge in [0.2, 0.25) is 5.91 Å². The van der Waals surface area contributed by atoms with Crippen LogP contribution in [0.2, 0.25) is 0 Å². The van der Waals surface area contributed by atoms with Gasteiger partial charge in [-0.05, 0) is 24.8 Å². The molecule has 3 heteroatoms. The molecule has 0 fully saturated rings. The van der Waals surface area contributed by atoms with E-state index in [0.717, 1.165) is 19.3 Å². The van der Waals surface area contributed by atoms with Crippen molar-refractivity contribution in [2.45, 2.75) is 78.6 Å². The summed E-state index contributed by atoms with van der Waals surface area (Å²) in [5, 5.41) is 2.97. The number of nitrogens with one attached hydrogen (secondary N) is 1. The van der Waals surface area contributed by atoms with Crippen molar-refractivity contribution in [3.05, 3.63) is 0 Å². The number of carbonyl (C=O) groups is 1. The lowest BCUT2D eigenvalue weighted by atomic mass is 9.79. The minimum Gasteiger partial charge on any atom is -0.356 e. The maximum absolute atomic E-state index is 11.9. The molecule has 0 heterocycles. The summed E-state index contributed by atoms with van der Waals surface area (Å²) in [5.74, 6) is 0.186. The van der Waals surface area contributed by atoms with E-state index in [4.69, 9.17) is 5.73 Å². The highest BCUT2D eigenvalue weighted by atomic mass is 16.1.